The van der Waals surface area contributed by atoms with Crippen molar-refractivity contribution in [1.29, 1.82) is 5.26 Å². The van der Waals surface area contributed by atoms with Crippen LogP contribution in [0.5, 0.6) is 0 Å². The van der Waals surface area contributed by atoms with E-state index in [2.05, 4.69) is 45.3 Å². The molecule has 0 aliphatic rings. The summed E-state index contributed by atoms with van der Waals surface area (Å²) in [4.78, 5) is 4.14. The Bertz CT molecular complexity index is 650. The van der Waals surface area contributed by atoms with Gasteiger partial charge in [-0.1, -0.05) is 33.6 Å². The van der Waals surface area contributed by atoms with E-state index in [1.165, 1.54) is 11.8 Å². The molecule has 5 heteroatoms. The Balaban J connectivity index is 2.15. The van der Waals surface area contributed by atoms with Gasteiger partial charge in [-0.05, 0) is 36.2 Å². The zero-order valence-electron chi connectivity index (χ0n) is 10.2. The second-order valence-corrected chi connectivity index (χ2v) is 5.41. The second kappa shape index (κ2) is 6.05. The molecule has 0 bridgehead atoms. The molecule has 0 unspecified atom stereocenters. The Hall–Kier alpha value is -1.57. The summed E-state index contributed by atoms with van der Waals surface area (Å²) in [7, 11) is 0. The minimum absolute atomic E-state index is 0.451. The van der Waals surface area contributed by atoms with Gasteiger partial charge in [0.25, 0.3) is 0 Å². The van der Waals surface area contributed by atoms with Crippen LogP contribution in [0.3, 0.4) is 0 Å². The molecule has 3 nitrogen and oxygen atoms in total. The van der Waals surface area contributed by atoms with Crippen LogP contribution < -0.4 is 5.32 Å². The van der Waals surface area contributed by atoms with Crippen LogP contribution in [-0.4, -0.2) is 4.98 Å². The summed E-state index contributed by atoms with van der Waals surface area (Å²) < 4.78 is 1.04. The molecule has 1 aromatic heterocycles. The Morgan fingerprint density at radius 3 is 2.89 bits per heavy atom. The minimum Gasteiger partial charge on any atom is -0.365 e. The molecule has 0 atom stereocenters. The van der Waals surface area contributed by atoms with Gasteiger partial charge in [-0.25, -0.2) is 4.98 Å². The first-order valence-electron chi connectivity index (χ1n) is 5.64. The number of anilines is 1. The van der Waals surface area contributed by atoms with Crippen molar-refractivity contribution in [3.63, 3.8) is 0 Å². The summed E-state index contributed by atoms with van der Waals surface area (Å²) in [6, 6.07) is 9.72. The van der Waals surface area contributed by atoms with Crippen LogP contribution in [-0.2, 0) is 6.54 Å². The second-order valence-electron chi connectivity index (χ2n) is 4.09. The van der Waals surface area contributed by atoms with E-state index in [4.69, 9.17) is 16.9 Å². The average molecular weight is 337 g/mol. The lowest BCUT2D eigenvalue weighted by molar-refractivity contribution is 1.09. The van der Waals surface area contributed by atoms with Gasteiger partial charge in [0.05, 0.1) is 10.6 Å². The van der Waals surface area contributed by atoms with Gasteiger partial charge in [0.15, 0.2) is 0 Å². The molecule has 2 rings (SSSR count). The Kier molecular flexibility index (Phi) is 4.41. The highest BCUT2D eigenvalue weighted by Crippen LogP contribution is 2.22. The molecule has 0 fully saturated rings. The number of benzene rings is 1. The monoisotopic (exact) mass is 335 g/mol. The fourth-order valence-electron chi connectivity index (χ4n) is 1.64. The Labute approximate surface area is 125 Å². The van der Waals surface area contributed by atoms with Gasteiger partial charge in [-0.3, -0.25) is 0 Å². The lowest BCUT2D eigenvalue weighted by Crippen LogP contribution is -2.03. The third-order valence-electron chi connectivity index (χ3n) is 2.73. The molecule has 0 saturated carbocycles. The average Bonchev–Trinajstić information content (AvgIpc) is 2.40. The molecule has 96 valence electrons. The number of aromatic nitrogens is 1. The minimum atomic E-state index is 0.451. The fourth-order valence-corrected chi connectivity index (χ4v) is 2.28. The quantitative estimate of drug-likeness (QED) is 0.909. The predicted octanol–water partition coefficient (Wildman–Crippen LogP) is 4.29. The fraction of sp³-hybridized carbons (Fsp3) is 0.143. The molecule has 1 heterocycles. The summed E-state index contributed by atoms with van der Waals surface area (Å²) in [6.07, 6.45) is 1.50. The molecule has 2 aromatic rings. The third kappa shape index (κ3) is 3.46. The first kappa shape index (κ1) is 13.9. The van der Waals surface area contributed by atoms with Gasteiger partial charge in [0, 0.05) is 17.2 Å². The molecule has 0 radical (unpaired) electrons. The van der Waals surface area contributed by atoms with E-state index in [9.17, 15) is 0 Å². The van der Waals surface area contributed by atoms with Crippen molar-refractivity contribution in [2.75, 3.05) is 5.32 Å². The zero-order chi connectivity index (χ0) is 13.8. The number of nitrogens with zero attached hydrogens (tertiary/aromatic N) is 2. The van der Waals surface area contributed by atoms with Crippen molar-refractivity contribution < 1.29 is 0 Å². The van der Waals surface area contributed by atoms with Gasteiger partial charge in [0.2, 0.25) is 0 Å². The van der Waals surface area contributed by atoms with Crippen LogP contribution in [0.1, 0.15) is 16.7 Å². The summed E-state index contributed by atoms with van der Waals surface area (Å²) in [6.45, 7) is 2.68. The molecule has 0 amide bonds. The van der Waals surface area contributed by atoms with E-state index in [-0.39, 0.29) is 0 Å². The summed E-state index contributed by atoms with van der Waals surface area (Å²) in [5, 5.41) is 12.4. The van der Waals surface area contributed by atoms with Crippen LogP contribution in [0.2, 0.25) is 5.02 Å². The summed E-state index contributed by atoms with van der Waals surface area (Å²) in [5.74, 6) is 0.583. The van der Waals surface area contributed by atoms with Crippen LogP contribution in [0.4, 0.5) is 5.82 Å². The van der Waals surface area contributed by atoms with E-state index >= 15 is 0 Å². The van der Waals surface area contributed by atoms with Crippen molar-refractivity contribution in [2.24, 2.45) is 0 Å². The highest BCUT2D eigenvalue weighted by Gasteiger charge is 2.05. The lowest BCUT2D eigenvalue weighted by Gasteiger charge is -2.10. The van der Waals surface area contributed by atoms with Gasteiger partial charge >= 0.3 is 0 Å². The number of pyridine rings is 1. The first-order valence-corrected chi connectivity index (χ1v) is 6.82. The van der Waals surface area contributed by atoms with Gasteiger partial charge < -0.3 is 5.32 Å². The Morgan fingerprint density at radius 2 is 2.21 bits per heavy atom. The molecule has 1 aromatic carbocycles. The SMILES string of the molecule is Cc1ccc(Br)cc1CNc1ncc(C#N)cc1Cl. The van der Waals surface area contributed by atoms with E-state index in [0.29, 0.717) is 22.9 Å². The maximum Gasteiger partial charge on any atom is 0.145 e. The molecular formula is C14H11BrClN3. The van der Waals surface area contributed by atoms with Crippen LogP contribution in [0.15, 0.2) is 34.9 Å². The molecule has 0 aliphatic heterocycles. The highest BCUT2D eigenvalue weighted by molar-refractivity contribution is 9.10. The topological polar surface area (TPSA) is 48.7 Å². The number of nitriles is 1. The van der Waals surface area contributed by atoms with Crippen LogP contribution in [0.25, 0.3) is 0 Å². The molecule has 19 heavy (non-hydrogen) atoms. The van der Waals surface area contributed by atoms with Crippen LogP contribution >= 0.6 is 27.5 Å². The van der Waals surface area contributed by atoms with E-state index in [1.54, 1.807) is 6.07 Å². The van der Waals surface area contributed by atoms with Crippen molar-refractivity contribution in [1.82, 2.24) is 4.98 Å². The van der Waals surface area contributed by atoms with Gasteiger partial charge in [-0.2, -0.15) is 5.26 Å². The van der Waals surface area contributed by atoms with Gasteiger partial charge in [-0.15, -0.1) is 0 Å². The maximum atomic E-state index is 8.75. The number of halogens is 2. The van der Waals surface area contributed by atoms with Crippen molar-refractivity contribution in [3.8, 4) is 6.07 Å². The summed E-state index contributed by atoms with van der Waals surface area (Å²) >= 11 is 9.51. The lowest BCUT2D eigenvalue weighted by atomic mass is 10.1. The maximum absolute atomic E-state index is 8.75. The number of aryl methyl sites for hydroxylation is 1. The predicted molar refractivity (Wildman–Crippen MR) is 80.2 cm³/mol. The standard InChI is InChI=1S/C14H11BrClN3/c1-9-2-3-12(15)5-11(9)8-19-14-13(16)4-10(6-17)7-18-14/h2-5,7H,8H2,1H3,(H,18,19). The number of hydrogen-bond acceptors (Lipinski definition) is 3. The molecular weight excluding hydrogens is 326 g/mol. The third-order valence-corrected chi connectivity index (χ3v) is 3.51. The number of nitrogens with one attached hydrogen (secondary N) is 1. The van der Waals surface area contributed by atoms with Crippen LogP contribution in [0, 0.1) is 18.3 Å². The zero-order valence-corrected chi connectivity index (χ0v) is 12.6. The van der Waals surface area contributed by atoms with E-state index in [1.807, 2.05) is 12.1 Å². The molecule has 0 saturated heterocycles. The molecule has 1 N–H and O–H groups in total. The number of hydrogen-bond donors (Lipinski definition) is 1. The van der Waals surface area contributed by atoms with Crippen molar-refractivity contribution >= 4 is 33.3 Å². The first-order chi connectivity index (χ1) is 9.10. The normalized spacial score (nSPS) is 10.0. The molecule has 0 aliphatic carbocycles. The highest BCUT2D eigenvalue weighted by atomic mass is 79.9. The van der Waals surface area contributed by atoms with Crippen molar-refractivity contribution in [2.45, 2.75) is 13.5 Å². The summed E-state index contributed by atoms with van der Waals surface area (Å²) in [5.41, 5.74) is 2.81. The smallest absolute Gasteiger partial charge is 0.145 e. The number of rotatable bonds is 3. The largest absolute Gasteiger partial charge is 0.365 e. The Morgan fingerprint density at radius 1 is 1.42 bits per heavy atom. The molecule has 0 spiro atoms. The van der Waals surface area contributed by atoms with E-state index in [0.717, 1.165) is 10.0 Å². The van der Waals surface area contributed by atoms with Crippen molar-refractivity contribution in [3.05, 3.63) is 56.6 Å². The van der Waals surface area contributed by atoms with E-state index < -0.39 is 0 Å². The van der Waals surface area contributed by atoms with Gasteiger partial charge in [0.1, 0.15) is 11.9 Å².